The number of nitro groups is 1. The standard InChI is InChI=1S/C23H27NO6/c1-22(2)9-15(25)20(16(26)10-22)19(13-7-5-6-8-14(13)24(29)30)21-17(27)11-23(3,4)12-18(21)28/h5-8,19-20,27H,9-12H2,1-4H3/t19-/m1/s1. The summed E-state index contributed by atoms with van der Waals surface area (Å²) in [5.41, 5.74) is -1.17. The first-order valence-electron chi connectivity index (χ1n) is 10.1. The number of hydrogen-bond donors (Lipinski definition) is 1. The summed E-state index contributed by atoms with van der Waals surface area (Å²) in [5, 5.41) is 22.5. The molecule has 0 amide bonds. The van der Waals surface area contributed by atoms with E-state index in [1.807, 2.05) is 27.7 Å². The molecular formula is C23H27NO6. The van der Waals surface area contributed by atoms with E-state index in [1.165, 1.54) is 18.2 Å². The number of Topliss-reactive ketones (excluding diaryl/α,β-unsaturated/α-hetero) is 3. The molecule has 0 unspecified atom stereocenters. The molecule has 7 nitrogen and oxygen atoms in total. The number of hydrogen-bond acceptors (Lipinski definition) is 6. The number of allylic oxidation sites excluding steroid dienone is 2. The van der Waals surface area contributed by atoms with Crippen LogP contribution in [0.1, 0.15) is 64.9 Å². The van der Waals surface area contributed by atoms with Crippen LogP contribution in [0, 0.1) is 26.9 Å². The third-order valence-electron chi connectivity index (χ3n) is 6.01. The van der Waals surface area contributed by atoms with Gasteiger partial charge >= 0.3 is 0 Å². The molecule has 7 heteroatoms. The van der Waals surface area contributed by atoms with Crippen molar-refractivity contribution in [1.82, 2.24) is 0 Å². The first kappa shape index (κ1) is 21.9. The van der Waals surface area contributed by atoms with E-state index in [2.05, 4.69) is 0 Å². The molecule has 160 valence electrons. The first-order valence-corrected chi connectivity index (χ1v) is 10.1. The molecule has 2 aliphatic carbocycles. The lowest BCUT2D eigenvalue weighted by molar-refractivity contribution is -0.385. The predicted octanol–water partition coefficient (Wildman–Crippen LogP) is 4.45. The Kier molecular flexibility index (Phi) is 5.43. The summed E-state index contributed by atoms with van der Waals surface area (Å²) in [6.07, 6.45) is 0.596. The van der Waals surface area contributed by atoms with Crippen LogP contribution in [0.5, 0.6) is 0 Å². The fraction of sp³-hybridized carbons (Fsp3) is 0.522. The van der Waals surface area contributed by atoms with Crippen molar-refractivity contribution in [3.63, 3.8) is 0 Å². The Morgan fingerprint density at radius 1 is 0.967 bits per heavy atom. The van der Waals surface area contributed by atoms with Gasteiger partial charge in [-0.1, -0.05) is 45.9 Å². The van der Waals surface area contributed by atoms with Gasteiger partial charge < -0.3 is 5.11 Å². The van der Waals surface area contributed by atoms with Crippen LogP contribution < -0.4 is 0 Å². The van der Waals surface area contributed by atoms with Crippen molar-refractivity contribution in [3.8, 4) is 0 Å². The van der Waals surface area contributed by atoms with Crippen LogP contribution in [0.15, 0.2) is 35.6 Å². The van der Waals surface area contributed by atoms with Crippen LogP contribution in [0.3, 0.4) is 0 Å². The maximum Gasteiger partial charge on any atom is 0.273 e. The molecule has 0 heterocycles. The van der Waals surface area contributed by atoms with Crippen molar-refractivity contribution >= 4 is 23.0 Å². The summed E-state index contributed by atoms with van der Waals surface area (Å²) < 4.78 is 0. The highest BCUT2D eigenvalue weighted by atomic mass is 16.6. The minimum atomic E-state index is -1.22. The second kappa shape index (κ2) is 7.45. The molecule has 1 aromatic carbocycles. The Bertz CT molecular complexity index is 952. The number of nitro benzene ring substituents is 1. The molecule has 1 atom stereocenters. The van der Waals surface area contributed by atoms with Gasteiger partial charge in [0.15, 0.2) is 5.78 Å². The van der Waals surface area contributed by atoms with Gasteiger partial charge in [-0.2, -0.15) is 0 Å². The molecular weight excluding hydrogens is 386 g/mol. The number of nitrogens with zero attached hydrogens (tertiary/aromatic N) is 1. The van der Waals surface area contributed by atoms with Crippen molar-refractivity contribution in [1.29, 1.82) is 0 Å². The van der Waals surface area contributed by atoms with Crippen LogP contribution in [0.2, 0.25) is 0 Å². The van der Waals surface area contributed by atoms with E-state index in [9.17, 15) is 29.6 Å². The topological polar surface area (TPSA) is 115 Å². The first-order chi connectivity index (χ1) is 13.8. The number of carbonyl (C=O) groups excluding carboxylic acids is 3. The van der Waals surface area contributed by atoms with E-state index in [1.54, 1.807) is 6.07 Å². The highest BCUT2D eigenvalue weighted by Crippen LogP contribution is 2.48. The lowest BCUT2D eigenvalue weighted by Gasteiger charge is -2.38. The number of carbonyl (C=O) groups is 3. The lowest BCUT2D eigenvalue weighted by Crippen LogP contribution is -2.43. The van der Waals surface area contributed by atoms with Crippen molar-refractivity contribution in [2.24, 2.45) is 16.7 Å². The highest BCUT2D eigenvalue weighted by molar-refractivity contribution is 6.09. The third kappa shape index (κ3) is 4.06. The zero-order valence-corrected chi connectivity index (χ0v) is 17.7. The van der Waals surface area contributed by atoms with Crippen LogP contribution in [0.4, 0.5) is 5.69 Å². The molecule has 0 aliphatic heterocycles. The van der Waals surface area contributed by atoms with Crippen LogP contribution in [0.25, 0.3) is 0 Å². The molecule has 0 radical (unpaired) electrons. The second-order valence-corrected chi connectivity index (χ2v) is 10.0. The SMILES string of the molecule is CC1(C)CC(=O)C([C@H](C2=C(O)CC(C)(C)CC2=O)c2ccccc2[N+](=O)[O-])C(=O)C1. The minimum Gasteiger partial charge on any atom is -0.512 e. The molecule has 1 N–H and O–H groups in total. The fourth-order valence-corrected chi connectivity index (χ4v) is 4.85. The van der Waals surface area contributed by atoms with Crippen molar-refractivity contribution in [2.45, 2.75) is 59.3 Å². The second-order valence-electron chi connectivity index (χ2n) is 10.0. The average Bonchev–Trinajstić information content (AvgIpc) is 2.57. The molecule has 0 aromatic heterocycles. The van der Waals surface area contributed by atoms with E-state index in [-0.39, 0.29) is 65.6 Å². The molecule has 0 bridgehead atoms. The Labute approximate surface area is 175 Å². The van der Waals surface area contributed by atoms with Crippen LogP contribution in [-0.2, 0) is 14.4 Å². The van der Waals surface area contributed by atoms with Gasteiger partial charge in [0.1, 0.15) is 17.3 Å². The molecule has 2 aliphatic rings. The lowest BCUT2D eigenvalue weighted by atomic mass is 9.62. The number of benzene rings is 1. The molecule has 1 aromatic rings. The zero-order chi connectivity index (χ0) is 22.4. The largest absolute Gasteiger partial charge is 0.512 e. The average molecular weight is 413 g/mol. The van der Waals surface area contributed by atoms with Crippen molar-refractivity contribution < 1.29 is 24.4 Å². The van der Waals surface area contributed by atoms with E-state index in [0.29, 0.717) is 0 Å². The van der Waals surface area contributed by atoms with Gasteiger partial charge in [0.2, 0.25) is 0 Å². The maximum absolute atomic E-state index is 13.1. The maximum atomic E-state index is 13.1. The van der Waals surface area contributed by atoms with Gasteiger partial charge in [-0.05, 0) is 10.8 Å². The molecule has 1 saturated carbocycles. The number of aliphatic hydroxyl groups is 1. The monoisotopic (exact) mass is 413 g/mol. The Morgan fingerprint density at radius 3 is 2.03 bits per heavy atom. The molecule has 1 fully saturated rings. The molecule has 0 saturated heterocycles. The number of ketones is 3. The van der Waals surface area contributed by atoms with Gasteiger partial charge in [-0.25, -0.2) is 0 Å². The Balaban J connectivity index is 2.24. The molecule has 3 rings (SSSR count). The van der Waals surface area contributed by atoms with Gasteiger partial charge in [0, 0.05) is 48.8 Å². The van der Waals surface area contributed by atoms with E-state index in [0.717, 1.165) is 0 Å². The fourth-order valence-electron chi connectivity index (χ4n) is 4.85. The van der Waals surface area contributed by atoms with Gasteiger partial charge in [0.25, 0.3) is 5.69 Å². The summed E-state index contributed by atoms with van der Waals surface area (Å²) in [6.45, 7) is 7.34. The van der Waals surface area contributed by atoms with E-state index >= 15 is 0 Å². The Morgan fingerprint density at radius 2 is 1.50 bits per heavy atom. The number of rotatable bonds is 4. The summed E-state index contributed by atoms with van der Waals surface area (Å²) >= 11 is 0. The summed E-state index contributed by atoms with van der Waals surface area (Å²) in [4.78, 5) is 50.4. The summed E-state index contributed by atoms with van der Waals surface area (Å²) in [6, 6.07) is 5.83. The normalized spacial score (nSPS) is 22.9. The summed E-state index contributed by atoms with van der Waals surface area (Å²) in [7, 11) is 0. The minimum absolute atomic E-state index is 0.0324. The third-order valence-corrected chi connectivity index (χ3v) is 6.01. The number of aliphatic hydroxyl groups excluding tert-OH is 1. The smallest absolute Gasteiger partial charge is 0.273 e. The van der Waals surface area contributed by atoms with Crippen molar-refractivity contribution in [2.75, 3.05) is 0 Å². The van der Waals surface area contributed by atoms with E-state index < -0.39 is 27.6 Å². The van der Waals surface area contributed by atoms with Gasteiger partial charge in [0.05, 0.1) is 10.8 Å². The predicted molar refractivity (Wildman–Crippen MR) is 110 cm³/mol. The van der Waals surface area contributed by atoms with Gasteiger partial charge in [-0.3, -0.25) is 24.5 Å². The Hall–Kier alpha value is -2.83. The van der Waals surface area contributed by atoms with Crippen LogP contribution in [-0.4, -0.2) is 27.4 Å². The molecule has 30 heavy (non-hydrogen) atoms. The van der Waals surface area contributed by atoms with Gasteiger partial charge in [-0.15, -0.1) is 0 Å². The quantitative estimate of drug-likeness (QED) is 0.443. The van der Waals surface area contributed by atoms with Crippen LogP contribution >= 0.6 is 0 Å². The number of para-hydroxylation sites is 1. The highest BCUT2D eigenvalue weighted by Gasteiger charge is 2.49. The molecule has 0 spiro atoms. The zero-order valence-electron chi connectivity index (χ0n) is 17.7. The van der Waals surface area contributed by atoms with E-state index in [4.69, 9.17) is 0 Å². The summed E-state index contributed by atoms with van der Waals surface area (Å²) in [5.74, 6) is -3.65. The van der Waals surface area contributed by atoms with Crippen molar-refractivity contribution in [3.05, 3.63) is 51.3 Å².